The van der Waals surface area contributed by atoms with Crippen molar-refractivity contribution in [2.24, 2.45) is 17.8 Å². The van der Waals surface area contributed by atoms with Crippen LogP contribution in [-0.2, 0) is 23.9 Å². The summed E-state index contributed by atoms with van der Waals surface area (Å²) in [5, 5.41) is 0. The Labute approximate surface area is 139 Å². The second-order valence-corrected chi connectivity index (χ2v) is 6.40. The van der Waals surface area contributed by atoms with Gasteiger partial charge in [-0.2, -0.15) is 0 Å². The van der Waals surface area contributed by atoms with E-state index in [2.05, 4.69) is 6.92 Å². The van der Waals surface area contributed by atoms with E-state index in [0.29, 0.717) is 19.4 Å². The van der Waals surface area contributed by atoms with Gasteiger partial charge < -0.3 is 9.47 Å². The molecule has 1 aliphatic rings. The maximum atomic E-state index is 11.8. The molecule has 132 valence electrons. The average Bonchev–Trinajstić information content (AvgIpc) is 2.77. The van der Waals surface area contributed by atoms with Gasteiger partial charge in [0.1, 0.15) is 0 Å². The largest absolute Gasteiger partial charge is 0.466 e. The number of unbranched alkanes of at least 4 members (excludes halogenated alkanes) is 3. The Morgan fingerprint density at radius 1 is 1.13 bits per heavy atom. The molecule has 1 fully saturated rings. The minimum Gasteiger partial charge on any atom is -0.466 e. The first-order valence-electron chi connectivity index (χ1n) is 8.92. The van der Waals surface area contributed by atoms with Crippen LogP contribution in [0.5, 0.6) is 0 Å². The molecule has 0 amide bonds. The quantitative estimate of drug-likeness (QED) is 0.329. The molecule has 1 aliphatic heterocycles. The summed E-state index contributed by atoms with van der Waals surface area (Å²) in [5.41, 5.74) is 0. The Balaban J connectivity index is 2.26. The van der Waals surface area contributed by atoms with Crippen LogP contribution in [0.2, 0.25) is 0 Å². The third-order valence-corrected chi connectivity index (χ3v) is 4.63. The second-order valence-electron chi connectivity index (χ2n) is 6.40. The highest BCUT2D eigenvalue weighted by molar-refractivity contribution is 5.96. The molecule has 1 saturated heterocycles. The van der Waals surface area contributed by atoms with Gasteiger partial charge in [0.2, 0.25) is 0 Å². The number of cyclic esters (lactones) is 2. The van der Waals surface area contributed by atoms with Crippen LogP contribution in [0.25, 0.3) is 0 Å². The predicted octanol–water partition coefficient (Wildman–Crippen LogP) is 3.64. The maximum absolute atomic E-state index is 11.8. The van der Waals surface area contributed by atoms with Crippen LogP contribution < -0.4 is 0 Å². The molecule has 0 aliphatic carbocycles. The summed E-state index contributed by atoms with van der Waals surface area (Å²) in [5.74, 6) is -1.66. The molecule has 0 saturated carbocycles. The Kier molecular flexibility index (Phi) is 8.89. The lowest BCUT2D eigenvalue weighted by Crippen LogP contribution is -2.24. The summed E-state index contributed by atoms with van der Waals surface area (Å²) < 4.78 is 9.92. The van der Waals surface area contributed by atoms with Gasteiger partial charge in [-0.05, 0) is 25.2 Å². The molecular weight excluding hydrogens is 296 g/mol. The van der Waals surface area contributed by atoms with Gasteiger partial charge >= 0.3 is 17.9 Å². The zero-order valence-corrected chi connectivity index (χ0v) is 14.6. The highest BCUT2D eigenvalue weighted by atomic mass is 16.6. The fraction of sp³-hybridized carbons (Fsp3) is 0.833. The van der Waals surface area contributed by atoms with E-state index in [1.54, 1.807) is 6.92 Å². The van der Waals surface area contributed by atoms with Crippen LogP contribution in [-0.4, -0.2) is 24.5 Å². The smallest absolute Gasteiger partial charge is 0.317 e. The van der Waals surface area contributed by atoms with Crippen molar-refractivity contribution in [1.82, 2.24) is 0 Å². The molecule has 0 aromatic carbocycles. The molecule has 5 nitrogen and oxygen atoms in total. The fourth-order valence-electron chi connectivity index (χ4n) is 3.14. The summed E-state index contributed by atoms with van der Waals surface area (Å²) in [7, 11) is 0. The predicted molar refractivity (Wildman–Crippen MR) is 86.5 cm³/mol. The van der Waals surface area contributed by atoms with E-state index in [4.69, 9.17) is 9.47 Å². The van der Waals surface area contributed by atoms with E-state index < -0.39 is 11.9 Å². The third-order valence-electron chi connectivity index (χ3n) is 4.63. The van der Waals surface area contributed by atoms with Gasteiger partial charge in [-0.25, -0.2) is 0 Å². The van der Waals surface area contributed by atoms with Crippen LogP contribution >= 0.6 is 0 Å². The lowest BCUT2D eigenvalue weighted by atomic mass is 9.80. The van der Waals surface area contributed by atoms with E-state index >= 15 is 0 Å². The Morgan fingerprint density at radius 3 is 2.43 bits per heavy atom. The first-order chi connectivity index (χ1) is 11.0. The number of ether oxygens (including phenoxy) is 2. The second kappa shape index (κ2) is 10.4. The highest BCUT2D eigenvalue weighted by Crippen LogP contribution is 2.34. The standard InChI is InChI=1S/C18H30O5/c1-4-6-7-8-12-22-15(19)11-9-10-14(5-2)16-13(3)17(20)23-18(16)21/h13-14,16H,4-12H2,1-3H3. The van der Waals surface area contributed by atoms with Gasteiger partial charge in [-0.15, -0.1) is 0 Å². The van der Waals surface area contributed by atoms with Crippen LogP contribution in [0, 0.1) is 17.8 Å². The fourth-order valence-corrected chi connectivity index (χ4v) is 3.14. The van der Waals surface area contributed by atoms with Gasteiger partial charge in [0.15, 0.2) is 0 Å². The Hall–Kier alpha value is -1.39. The van der Waals surface area contributed by atoms with Gasteiger partial charge in [-0.3, -0.25) is 14.4 Å². The number of carbonyl (C=O) groups excluding carboxylic acids is 3. The number of carbonyl (C=O) groups is 3. The zero-order valence-electron chi connectivity index (χ0n) is 14.6. The first-order valence-corrected chi connectivity index (χ1v) is 8.92. The molecule has 5 heteroatoms. The van der Waals surface area contributed by atoms with Crippen LogP contribution in [0.3, 0.4) is 0 Å². The van der Waals surface area contributed by atoms with Crippen LogP contribution in [0.4, 0.5) is 0 Å². The van der Waals surface area contributed by atoms with Gasteiger partial charge in [0, 0.05) is 6.42 Å². The molecule has 23 heavy (non-hydrogen) atoms. The minimum absolute atomic E-state index is 0.0845. The van der Waals surface area contributed by atoms with Crippen molar-refractivity contribution < 1.29 is 23.9 Å². The first kappa shape index (κ1) is 19.7. The van der Waals surface area contributed by atoms with Crippen molar-refractivity contribution >= 4 is 17.9 Å². The van der Waals surface area contributed by atoms with E-state index in [0.717, 1.165) is 32.1 Å². The Morgan fingerprint density at radius 2 is 1.87 bits per heavy atom. The summed E-state index contributed by atoms with van der Waals surface area (Å²) >= 11 is 0. The number of hydrogen-bond donors (Lipinski definition) is 0. The molecular formula is C18H30O5. The van der Waals surface area contributed by atoms with Gasteiger partial charge in [-0.1, -0.05) is 46.5 Å². The van der Waals surface area contributed by atoms with Gasteiger partial charge in [0.25, 0.3) is 0 Å². The van der Waals surface area contributed by atoms with Crippen molar-refractivity contribution in [3.05, 3.63) is 0 Å². The van der Waals surface area contributed by atoms with Crippen molar-refractivity contribution in [2.75, 3.05) is 6.61 Å². The van der Waals surface area contributed by atoms with E-state index in [1.807, 2.05) is 6.92 Å². The van der Waals surface area contributed by atoms with E-state index in [1.165, 1.54) is 6.42 Å². The highest BCUT2D eigenvalue weighted by Gasteiger charge is 2.44. The topological polar surface area (TPSA) is 69.7 Å². The van der Waals surface area contributed by atoms with Crippen molar-refractivity contribution in [2.45, 2.75) is 72.1 Å². The van der Waals surface area contributed by atoms with Crippen molar-refractivity contribution in [1.29, 1.82) is 0 Å². The molecule has 1 heterocycles. The summed E-state index contributed by atoms with van der Waals surface area (Å²) in [6, 6.07) is 0. The number of esters is 3. The summed E-state index contributed by atoms with van der Waals surface area (Å²) in [6.45, 7) is 6.38. The molecule has 0 spiro atoms. The van der Waals surface area contributed by atoms with E-state index in [-0.39, 0.29) is 23.7 Å². The monoisotopic (exact) mass is 326 g/mol. The SMILES string of the molecule is CCCCCCOC(=O)CCCC(CC)C1C(=O)OC(=O)C1C. The van der Waals surface area contributed by atoms with Crippen molar-refractivity contribution in [3.63, 3.8) is 0 Å². The average molecular weight is 326 g/mol. The van der Waals surface area contributed by atoms with E-state index in [9.17, 15) is 14.4 Å². The van der Waals surface area contributed by atoms with Crippen molar-refractivity contribution in [3.8, 4) is 0 Å². The minimum atomic E-state index is -0.426. The molecule has 0 aromatic rings. The molecule has 1 rings (SSSR count). The molecule has 0 N–H and O–H groups in total. The molecule has 0 aromatic heterocycles. The van der Waals surface area contributed by atoms with Crippen LogP contribution in [0.15, 0.2) is 0 Å². The molecule has 3 atom stereocenters. The number of hydrogen-bond acceptors (Lipinski definition) is 5. The Bertz CT molecular complexity index is 404. The van der Waals surface area contributed by atoms with Gasteiger partial charge in [0.05, 0.1) is 18.4 Å². The summed E-state index contributed by atoms with van der Waals surface area (Å²) in [4.78, 5) is 34.9. The molecule has 0 radical (unpaired) electrons. The number of rotatable bonds is 11. The lowest BCUT2D eigenvalue weighted by Gasteiger charge is -2.21. The van der Waals surface area contributed by atoms with Crippen LogP contribution in [0.1, 0.15) is 72.1 Å². The normalized spacial score (nSPS) is 22.0. The molecule has 3 unspecified atom stereocenters. The summed E-state index contributed by atoms with van der Waals surface area (Å²) in [6.07, 6.45) is 6.93. The maximum Gasteiger partial charge on any atom is 0.317 e. The lowest BCUT2D eigenvalue weighted by molar-refractivity contribution is -0.154. The third kappa shape index (κ3) is 6.32. The molecule has 0 bridgehead atoms. The zero-order chi connectivity index (χ0) is 17.2.